The molecule has 6 nitrogen and oxygen atoms in total. The van der Waals surface area contributed by atoms with Crippen LogP contribution in [0, 0.1) is 11.6 Å². The first kappa shape index (κ1) is 19.6. The van der Waals surface area contributed by atoms with E-state index >= 15 is 0 Å². The molecule has 1 aromatic heterocycles. The standard InChI is InChI=1S/C22H17F2N3O3S/c23-15-6-5-12-14(19(15)24)11-31-18-4-2-1-3-13(18)20(12)26-9-7-16(25-30)21-22(29)17(28)8-10-27(21)26/h1-6,8,10,20,29-30H,7,9,11H2/b25-16+. The number of aromatic nitrogens is 1. The number of aromatic hydroxyl groups is 1. The molecule has 2 aromatic carbocycles. The predicted molar refractivity (Wildman–Crippen MR) is 113 cm³/mol. The molecule has 5 rings (SSSR count). The predicted octanol–water partition coefficient (Wildman–Crippen LogP) is 3.75. The van der Waals surface area contributed by atoms with Crippen LogP contribution in [0.1, 0.15) is 34.8 Å². The summed E-state index contributed by atoms with van der Waals surface area (Å²) in [5, 5.41) is 25.0. The van der Waals surface area contributed by atoms with E-state index in [9.17, 15) is 23.9 Å². The van der Waals surface area contributed by atoms with Gasteiger partial charge in [-0.1, -0.05) is 29.4 Å². The molecule has 3 aromatic rings. The Morgan fingerprint density at radius 3 is 2.71 bits per heavy atom. The topological polar surface area (TPSA) is 78.1 Å². The van der Waals surface area contributed by atoms with Crippen LogP contribution in [0.25, 0.3) is 0 Å². The number of nitrogens with zero attached hydrogens (tertiary/aromatic N) is 3. The van der Waals surface area contributed by atoms with Gasteiger partial charge in [-0.05, 0) is 23.3 Å². The number of hydrogen-bond donors (Lipinski definition) is 2. The Morgan fingerprint density at radius 2 is 1.90 bits per heavy atom. The van der Waals surface area contributed by atoms with Crippen molar-refractivity contribution < 1.29 is 19.1 Å². The number of thioether (sulfide) groups is 1. The molecule has 0 fully saturated rings. The van der Waals surface area contributed by atoms with Crippen molar-refractivity contribution >= 4 is 17.5 Å². The van der Waals surface area contributed by atoms with Crippen molar-refractivity contribution in [1.29, 1.82) is 0 Å². The smallest absolute Gasteiger partial charge is 0.224 e. The second-order valence-electron chi connectivity index (χ2n) is 7.34. The van der Waals surface area contributed by atoms with Gasteiger partial charge in [0.15, 0.2) is 17.4 Å². The lowest BCUT2D eigenvalue weighted by Crippen LogP contribution is -2.47. The molecule has 3 heterocycles. The Kier molecular flexibility index (Phi) is 4.70. The van der Waals surface area contributed by atoms with Crippen LogP contribution in [0.2, 0.25) is 0 Å². The first-order valence-corrected chi connectivity index (χ1v) is 10.6. The Labute approximate surface area is 180 Å². The van der Waals surface area contributed by atoms with Gasteiger partial charge in [-0.25, -0.2) is 8.78 Å². The molecule has 1 atom stereocenters. The second-order valence-corrected chi connectivity index (χ2v) is 8.36. The monoisotopic (exact) mass is 441 g/mol. The van der Waals surface area contributed by atoms with Crippen LogP contribution in [-0.4, -0.2) is 27.2 Å². The number of pyridine rings is 1. The minimum Gasteiger partial charge on any atom is -0.503 e. The molecule has 0 radical (unpaired) electrons. The summed E-state index contributed by atoms with van der Waals surface area (Å²) in [5.41, 5.74) is 1.43. The highest BCUT2D eigenvalue weighted by Crippen LogP contribution is 2.43. The van der Waals surface area contributed by atoms with E-state index in [0.717, 1.165) is 16.5 Å². The van der Waals surface area contributed by atoms with E-state index in [1.165, 1.54) is 24.0 Å². The average molecular weight is 441 g/mol. The van der Waals surface area contributed by atoms with E-state index in [4.69, 9.17) is 0 Å². The minimum absolute atomic E-state index is 0.0831. The first-order valence-electron chi connectivity index (χ1n) is 9.62. The van der Waals surface area contributed by atoms with Crippen LogP contribution in [0.4, 0.5) is 8.78 Å². The first-order chi connectivity index (χ1) is 15.0. The highest BCUT2D eigenvalue weighted by Gasteiger charge is 2.35. The van der Waals surface area contributed by atoms with Crippen molar-refractivity contribution in [2.45, 2.75) is 23.1 Å². The summed E-state index contributed by atoms with van der Waals surface area (Å²) in [6.45, 7) is 0.358. The Morgan fingerprint density at radius 1 is 1.10 bits per heavy atom. The quantitative estimate of drug-likeness (QED) is 0.444. The van der Waals surface area contributed by atoms with Gasteiger partial charge >= 0.3 is 0 Å². The van der Waals surface area contributed by atoms with E-state index in [-0.39, 0.29) is 29.1 Å². The summed E-state index contributed by atoms with van der Waals surface area (Å²) < 4.78 is 30.4. The molecule has 2 aliphatic heterocycles. The number of benzene rings is 2. The summed E-state index contributed by atoms with van der Waals surface area (Å²) in [7, 11) is 0. The fourth-order valence-corrected chi connectivity index (χ4v) is 5.40. The maximum Gasteiger partial charge on any atom is 0.224 e. The highest BCUT2D eigenvalue weighted by atomic mass is 32.2. The molecule has 0 saturated carbocycles. The van der Waals surface area contributed by atoms with Crippen molar-refractivity contribution in [2.75, 3.05) is 11.6 Å². The van der Waals surface area contributed by atoms with E-state index < -0.39 is 28.9 Å². The van der Waals surface area contributed by atoms with Gasteiger partial charge in [0.05, 0.1) is 6.04 Å². The molecule has 2 N–H and O–H groups in total. The lowest BCUT2D eigenvalue weighted by atomic mass is 9.93. The normalized spacial score (nSPS) is 18.8. The van der Waals surface area contributed by atoms with Gasteiger partial charge < -0.3 is 15.3 Å². The zero-order valence-corrected chi connectivity index (χ0v) is 16.9. The SMILES string of the molecule is O=c1ccn2c(c1O)/C(=N/O)CCN2C1c2ccccc2SCc2c1ccc(F)c2F. The molecule has 0 spiro atoms. The Balaban J connectivity index is 1.79. The molecular formula is C22H17F2N3O3S. The molecule has 0 amide bonds. The van der Waals surface area contributed by atoms with E-state index in [2.05, 4.69) is 5.16 Å². The molecule has 2 aliphatic rings. The number of hydrogen-bond acceptors (Lipinski definition) is 6. The van der Waals surface area contributed by atoms with Crippen molar-refractivity contribution in [2.24, 2.45) is 5.16 Å². The van der Waals surface area contributed by atoms with E-state index in [0.29, 0.717) is 12.1 Å². The van der Waals surface area contributed by atoms with Crippen molar-refractivity contribution in [3.8, 4) is 5.75 Å². The van der Waals surface area contributed by atoms with E-state index in [1.807, 2.05) is 29.3 Å². The third-order valence-corrected chi connectivity index (χ3v) is 6.83. The number of oxime groups is 1. The molecule has 31 heavy (non-hydrogen) atoms. The van der Waals surface area contributed by atoms with Crippen molar-refractivity contribution in [3.63, 3.8) is 0 Å². The van der Waals surface area contributed by atoms with Gasteiger partial charge in [0.25, 0.3) is 0 Å². The van der Waals surface area contributed by atoms with Crippen molar-refractivity contribution in [1.82, 2.24) is 4.68 Å². The summed E-state index contributed by atoms with van der Waals surface area (Å²) in [6.07, 6.45) is 1.74. The summed E-state index contributed by atoms with van der Waals surface area (Å²) in [4.78, 5) is 13.0. The fraction of sp³-hybridized carbons (Fsp3) is 0.182. The molecule has 0 saturated heterocycles. The Bertz CT molecular complexity index is 1290. The van der Waals surface area contributed by atoms with Gasteiger partial charge in [-0.3, -0.25) is 9.47 Å². The third kappa shape index (κ3) is 2.99. The van der Waals surface area contributed by atoms with Gasteiger partial charge in [0, 0.05) is 41.4 Å². The lowest BCUT2D eigenvalue weighted by molar-refractivity contribution is 0.315. The zero-order valence-electron chi connectivity index (χ0n) is 16.1. The van der Waals surface area contributed by atoms with Crippen molar-refractivity contribution in [3.05, 3.63) is 92.9 Å². The van der Waals surface area contributed by atoms with Crippen LogP contribution in [-0.2, 0) is 5.75 Å². The molecule has 9 heteroatoms. The van der Waals surface area contributed by atoms with Gasteiger partial charge in [0.1, 0.15) is 11.4 Å². The van der Waals surface area contributed by atoms with Crippen LogP contribution >= 0.6 is 11.8 Å². The fourth-order valence-electron chi connectivity index (χ4n) is 4.28. The second kappa shape index (κ2) is 7.42. The molecular weight excluding hydrogens is 424 g/mol. The highest BCUT2D eigenvalue weighted by molar-refractivity contribution is 7.98. The molecule has 0 bridgehead atoms. The maximum atomic E-state index is 14.8. The third-order valence-electron chi connectivity index (χ3n) is 5.71. The van der Waals surface area contributed by atoms with Gasteiger partial charge in [-0.15, -0.1) is 11.8 Å². The molecule has 1 unspecified atom stereocenters. The van der Waals surface area contributed by atoms with Crippen LogP contribution in [0.15, 0.2) is 63.5 Å². The maximum absolute atomic E-state index is 14.8. The van der Waals surface area contributed by atoms with Gasteiger partial charge in [0.2, 0.25) is 5.43 Å². The number of rotatable bonds is 1. The number of fused-ring (bicyclic) bond motifs is 3. The zero-order chi connectivity index (χ0) is 21.7. The molecule has 158 valence electrons. The Hall–Kier alpha value is -3.33. The summed E-state index contributed by atoms with van der Waals surface area (Å²) in [6, 6.07) is 11.0. The number of halogens is 2. The van der Waals surface area contributed by atoms with Crippen LogP contribution in [0.3, 0.4) is 0 Å². The summed E-state index contributed by atoms with van der Waals surface area (Å²) in [5.74, 6) is -2.03. The largest absolute Gasteiger partial charge is 0.503 e. The minimum atomic E-state index is -0.904. The molecule has 0 aliphatic carbocycles. The lowest BCUT2D eigenvalue weighted by Gasteiger charge is -2.40. The van der Waals surface area contributed by atoms with E-state index in [1.54, 1.807) is 10.7 Å². The summed E-state index contributed by atoms with van der Waals surface area (Å²) >= 11 is 1.43. The van der Waals surface area contributed by atoms with Gasteiger partial charge in [-0.2, -0.15) is 0 Å². The van der Waals surface area contributed by atoms with Crippen LogP contribution in [0.5, 0.6) is 5.75 Å². The van der Waals surface area contributed by atoms with Crippen LogP contribution < -0.4 is 10.4 Å². The average Bonchev–Trinajstić information content (AvgIpc) is 2.95.